The van der Waals surface area contributed by atoms with Crippen molar-refractivity contribution in [2.75, 3.05) is 44.4 Å². The van der Waals surface area contributed by atoms with Crippen LogP contribution in [0.2, 0.25) is 0 Å². The monoisotopic (exact) mass is 496 g/mol. The second kappa shape index (κ2) is 8.64. The number of rotatable bonds is 4. The lowest BCUT2D eigenvalue weighted by Gasteiger charge is -2.38. The molecule has 13 heteroatoms. The summed E-state index contributed by atoms with van der Waals surface area (Å²) in [6.07, 6.45) is 3.93. The van der Waals surface area contributed by atoms with Crippen molar-refractivity contribution < 1.29 is 32.1 Å². The molecule has 0 amide bonds. The molecule has 3 aliphatic rings. The number of carbonyl (C=O) groups is 1. The van der Waals surface area contributed by atoms with Crippen molar-refractivity contribution in [1.29, 1.82) is 0 Å². The van der Waals surface area contributed by atoms with E-state index in [1.54, 1.807) is 6.07 Å². The van der Waals surface area contributed by atoms with E-state index in [4.69, 9.17) is 9.39 Å². The number of carboxylic acids is 1. The normalized spacial score (nSPS) is 20.2. The highest BCUT2D eigenvalue weighted by Gasteiger charge is 2.49. The van der Waals surface area contributed by atoms with Gasteiger partial charge in [0, 0.05) is 37.3 Å². The van der Waals surface area contributed by atoms with Crippen LogP contribution >= 0.6 is 0 Å². The number of benzene rings is 1. The molecule has 0 unspecified atom stereocenters. The fraction of sp³-hybridized carbons (Fsp3) is 0.476. The van der Waals surface area contributed by atoms with Crippen molar-refractivity contribution in [3.63, 3.8) is 0 Å². The van der Waals surface area contributed by atoms with Crippen molar-refractivity contribution >= 4 is 38.4 Å². The molecule has 0 bridgehead atoms. The zero-order chi connectivity index (χ0) is 24.8. The Bertz CT molecular complexity index is 1340. The Balaban J connectivity index is 0.000000499. The van der Waals surface area contributed by atoms with E-state index in [-0.39, 0.29) is 22.4 Å². The molecule has 1 aromatic heterocycles. The third kappa shape index (κ3) is 4.63. The number of aromatic nitrogens is 1. The van der Waals surface area contributed by atoms with Crippen molar-refractivity contribution in [3.8, 4) is 0 Å². The molecule has 1 aromatic carbocycles. The minimum absolute atomic E-state index is 0.100. The Morgan fingerprint density at radius 2 is 1.97 bits per heavy atom. The summed E-state index contributed by atoms with van der Waals surface area (Å²) in [6.45, 7) is 2.57. The number of nitrogens with zero attached hydrogens (tertiary/aromatic N) is 3. The zero-order valence-corrected chi connectivity index (χ0v) is 19.4. The molecular weight excluding hydrogens is 471 g/mol. The Morgan fingerprint density at radius 1 is 1.32 bits per heavy atom. The van der Waals surface area contributed by atoms with Crippen molar-refractivity contribution in [2.45, 2.75) is 18.9 Å². The van der Waals surface area contributed by atoms with E-state index in [0.29, 0.717) is 30.5 Å². The summed E-state index contributed by atoms with van der Waals surface area (Å²) in [5.41, 5.74) is 0.683. The van der Waals surface area contributed by atoms with E-state index < -0.39 is 27.3 Å². The van der Waals surface area contributed by atoms with Crippen LogP contribution < -0.4 is 15.6 Å². The molecule has 2 saturated heterocycles. The van der Waals surface area contributed by atoms with Gasteiger partial charge in [0.25, 0.3) is 10.1 Å². The van der Waals surface area contributed by atoms with Gasteiger partial charge in [-0.2, -0.15) is 8.42 Å². The Labute approximate surface area is 194 Å². The summed E-state index contributed by atoms with van der Waals surface area (Å²) < 4.78 is 42.8. The molecule has 0 atom stereocenters. The first-order chi connectivity index (χ1) is 15.9. The fourth-order valence-electron chi connectivity index (χ4n) is 4.42. The lowest BCUT2D eigenvalue weighted by atomic mass is 9.79. The van der Waals surface area contributed by atoms with Crippen LogP contribution in [-0.4, -0.2) is 73.9 Å². The average Bonchev–Trinajstić information content (AvgIpc) is 3.46. The van der Waals surface area contributed by atoms with Gasteiger partial charge in [-0.1, -0.05) is 5.16 Å². The van der Waals surface area contributed by atoms with E-state index in [9.17, 15) is 23.1 Å². The number of aromatic carboxylic acids is 1. The van der Waals surface area contributed by atoms with Crippen LogP contribution in [0.25, 0.3) is 10.9 Å². The molecule has 34 heavy (non-hydrogen) atoms. The van der Waals surface area contributed by atoms with Gasteiger partial charge in [-0.15, -0.1) is 0 Å². The van der Waals surface area contributed by atoms with Gasteiger partial charge in [-0.05, 0) is 25.0 Å². The van der Waals surface area contributed by atoms with Crippen LogP contribution in [0.15, 0.2) is 28.3 Å². The predicted molar refractivity (Wildman–Crippen MR) is 123 cm³/mol. The van der Waals surface area contributed by atoms with Gasteiger partial charge in [0.2, 0.25) is 5.43 Å². The number of fused-ring (bicyclic) bond motifs is 1. The number of carboxylic acid groups (broad SMARTS) is 1. The Morgan fingerprint density at radius 3 is 2.47 bits per heavy atom. The molecule has 11 nitrogen and oxygen atoms in total. The molecule has 5 rings (SSSR count). The maximum absolute atomic E-state index is 15.1. The number of nitrogens with one attached hydrogen (secondary N) is 1. The first kappa shape index (κ1) is 24.1. The number of oxime groups is 1. The maximum Gasteiger partial charge on any atom is 0.341 e. The highest BCUT2D eigenvalue weighted by molar-refractivity contribution is 7.85. The van der Waals surface area contributed by atoms with Crippen LogP contribution in [0, 0.1) is 11.2 Å². The van der Waals surface area contributed by atoms with Crippen LogP contribution in [0.5, 0.6) is 0 Å². The summed E-state index contributed by atoms with van der Waals surface area (Å²) in [7, 11) is -2.17. The van der Waals surface area contributed by atoms with Gasteiger partial charge in [-0.3, -0.25) is 9.35 Å². The van der Waals surface area contributed by atoms with Gasteiger partial charge in [0.05, 0.1) is 35.1 Å². The standard InChI is InChI=1S/C20H21FN4O4.CH4O3S/c1-29-23-17-7-24(10-20(17)8-22-9-20)16-5-15-12(4-14(16)21)18(26)13(19(27)28)6-25(15)11-2-3-11;1-5(2,3)4/h4-6,11,22H,2-3,7-10H2,1H3,(H,27,28);1H3,(H,2,3,4). The number of pyridine rings is 1. The molecule has 2 aliphatic heterocycles. The Hall–Kier alpha value is -3.03. The minimum atomic E-state index is -3.67. The average molecular weight is 497 g/mol. The molecule has 2 aromatic rings. The van der Waals surface area contributed by atoms with Gasteiger partial charge >= 0.3 is 5.97 Å². The largest absolute Gasteiger partial charge is 0.477 e. The lowest BCUT2D eigenvalue weighted by Crippen LogP contribution is -2.58. The zero-order valence-electron chi connectivity index (χ0n) is 18.6. The molecule has 0 radical (unpaired) electrons. The minimum Gasteiger partial charge on any atom is -0.477 e. The second-order valence-electron chi connectivity index (χ2n) is 8.83. The molecule has 3 N–H and O–H groups in total. The molecule has 3 heterocycles. The van der Waals surface area contributed by atoms with E-state index in [0.717, 1.165) is 31.6 Å². The van der Waals surface area contributed by atoms with Crippen molar-refractivity contribution in [3.05, 3.63) is 39.9 Å². The summed E-state index contributed by atoms with van der Waals surface area (Å²) in [5, 5.41) is 16.9. The van der Waals surface area contributed by atoms with E-state index in [2.05, 4.69) is 10.5 Å². The second-order valence-corrected chi connectivity index (χ2v) is 10.3. The van der Waals surface area contributed by atoms with Crippen molar-refractivity contribution in [1.82, 2.24) is 9.88 Å². The first-order valence-corrected chi connectivity index (χ1v) is 12.4. The molecule has 1 spiro atoms. The number of hydrogen-bond donors (Lipinski definition) is 3. The van der Waals surface area contributed by atoms with Gasteiger partial charge in [0.15, 0.2) is 0 Å². The van der Waals surface area contributed by atoms with Gasteiger partial charge < -0.3 is 24.7 Å². The summed E-state index contributed by atoms with van der Waals surface area (Å²) >= 11 is 0. The smallest absolute Gasteiger partial charge is 0.341 e. The quantitative estimate of drug-likeness (QED) is 0.417. The maximum atomic E-state index is 15.1. The Kier molecular flexibility index (Phi) is 6.12. The number of halogens is 1. The molecule has 1 aliphatic carbocycles. The molecule has 3 fully saturated rings. The third-order valence-corrected chi connectivity index (χ3v) is 6.19. The van der Waals surface area contributed by atoms with Crippen LogP contribution in [0.1, 0.15) is 29.2 Å². The summed E-state index contributed by atoms with van der Waals surface area (Å²) in [5.74, 6) is -1.84. The van der Waals surface area contributed by atoms with Crippen LogP contribution in [0.3, 0.4) is 0 Å². The van der Waals surface area contributed by atoms with Crippen molar-refractivity contribution in [2.24, 2.45) is 10.6 Å². The summed E-state index contributed by atoms with van der Waals surface area (Å²) in [4.78, 5) is 31.0. The molecule has 1 saturated carbocycles. The molecule has 184 valence electrons. The topological polar surface area (TPSA) is 151 Å². The third-order valence-electron chi connectivity index (χ3n) is 6.19. The van der Waals surface area contributed by atoms with E-state index in [1.807, 2.05) is 9.47 Å². The predicted octanol–water partition coefficient (Wildman–Crippen LogP) is 1.09. The molecular formula is C21H25FN4O7S. The number of hydrogen-bond acceptors (Lipinski definition) is 8. The lowest BCUT2D eigenvalue weighted by molar-refractivity contribution is 0.0694. The van der Waals surface area contributed by atoms with Gasteiger partial charge in [-0.25, -0.2) is 9.18 Å². The van der Waals surface area contributed by atoms with Crippen LogP contribution in [0.4, 0.5) is 10.1 Å². The van der Waals surface area contributed by atoms with E-state index in [1.165, 1.54) is 19.4 Å². The van der Waals surface area contributed by atoms with Crippen LogP contribution in [-0.2, 0) is 15.0 Å². The highest BCUT2D eigenvalue weighted by Crippen LogP contribution is 2.40. The summed E-state index contributed by atoms with van der Waals surface area (Å²) in [6, 6.07) is 2.99. The van der Waals surface area contributed by atoms with E-state index >= 15 is 4.39 Å². The fourth-order valence-corrected chi connectivity index (χ4v) is 4.42. The van der Waals surface area contributed by atoms with Gasteiger partial charge in [0.1, 0.15) is 18.5 Å². The SMILES string of the molecule is CON=C1CN(c2cc3c(cc2F)c(=O)c(C(=O)O)cn3C2CC2)CC12CNC2.CS(=O)(=O)O. The number of anilines is 1. The highest BCUT2D eigenvalue weighted by atomic mass is 32.2. The first-order valence-electron chi connectivity index (χ1n) is 10.5.